The number of aliphatic carboxylic acids is 1. The molecule has 1 aliphatic rings. The molecule has 0 amide bonds. The zero-order valence-electron chi connectivity index (χ0n) is 13.1. The number of hydrogen-bond acceptors (Lipinski definition) is 3. The quantitative estimate of drug-likeness (QED) is 0.926. The highest BCUT2D eigenvalue weighted by Crippen LogP contribution is 2.29. The minimum Gasteiger partial charge on any atom is -0.481 e. The summed E-state index contributed by atoms with van der Waals surface area (Å²) in [5, 5.41) is 9.11. The monoisotopic (exact) mass is 292 g/mol. The number of nitrogens with zero attached hydrogens (tertiary/aromatic N) is 2. The molecule has 5 heteroatoms. The van der Waals surface area contributed by atoms with Gasteiger partial charge in [0.1, 0.15) is 0 Å². The first-order valence-corrected chi connectivity index (χ1v) is 7.73. The van der Waals surface area contributed by atoms with Crippen LogP contribution in [0.15, 0.2) is 4.79 Å². The first kappa shape index (κ1) is 15.7. The number of rotatable bonds is 4. The van der Waals surface area contributed by atoms with Crippen LogP contribution >= 0.6 is 0 Å². The van der Waals surface area contributed by atoms with Gasteiger partial charge in [0.15, 0.2) is 0 Å². The molecule has 1 N–H and O–H groups in total. The smallest absolute Gasteiger partial charge is 0.348 e. The molecule has 0 saturated heterocycles. The Hall–Kier alpha value is -1.65. The van der Waals surface area contributed by atoms with Gasteiger partial charge in [-0.3, -0.25) is 9.36 Å². The van der Waals surface area contributed by atoms with Gasteiger partial charge >= 0.3 is 11.7 Å². The van der Waals surface area contributed by atoms with Crippen LogP contribution in [0.1, 0.15) is 62.0 Å². The summed E-state index contributed by atoms with van der Waals surface area (Å²) in [5.74, 6) is -1.29. The van der Waals surface area contributed by atoms with Crippen LogP contribution in [-0.4, -0.2) is 20.6 Å². The fourth-order valence-electron chi connectivity index (χ4n) is 3.27. The van der Waals surface area contributed by atoms with Crippen LogP contribution in [-0.2, 0) is 11.2 Å². The van der Waals surface area contributed by atoms with Crippen LogP contribution in [0.25, 0.3) is 0 Å². The summed E-state index contributed by atoms with van der Waals surface area (Å²) in [7, 11) is 0. The van der Waals surface area contributed by atoms with Gasteiger partial charge in [0.25, 0.3) is 0 Å². The Morgan fingerprint density at radius 1 is 1.33 bits per heavy atom. The van der Waals surface area contributed by atoms with Crippen molar-refractivity contribution in [3.8, 4) is 0 Å². The molecule has 21 heavy (non-hydrogen) atoms. The van der Waals surface area contributed by atoms with Gasteiger partial charge in [-0.1, -0.05) is 26.2 Å². The average Bonchev–Trinajstić information content (AvgIpc) is 2.44. The fraction of sp³-hybridized carbons (Fsp3) is 0.688. The molecular weight excluding hydrogens is 268 g/mol. The van der Waals surface area contributed by atoms with Gasteiger partial charge in [-0.15, -0.1) is 0 Å². The lowest BCUT2D eigenvalue weighted by Crippen LogP contribution is -2.32. The van der Waals surface area contributed by atoms with E-state index < -0.39 is 11.9 Å². The van der Waals surface area contributed by atoms with Gasteiger partial charge < -0.3 is 5.11 Å². The van der Waals surface area contributed by atoms with E-state index in [0.29, 0.717) is 12.1 Å². The number of hydrogen-bond donors (Lipinski definition) is 1. The lowest BCUT2D eigenvalue weighted by atomic mass is 9.93. The lowest BCUT2D eigenvalue weighted by molar-refractivity contribution is -0.141. The number of aromatic nitrogens is 2. The van der Waals surface area contributed by atoms with Gasteiger partial charge in [0, 0.05) is 17.4 Å². The zero-order valence-corrected chi connectivity index (χ0v) is 13.1. The highest BCUT2D eigenvalue weighted by Gasteiger charge is 2.23. The average molecular weight is 292 g/mol. The third-order valence-electron chi connectivity index (χ3n) is 4.58. The number of carboxylic acids is 1. The second-order valence-electron chi connectivity index (χ2n) is 6.15. The molecular formula is C16H24N2O3. The van der Waals surface area contributed by atoms with Crippen molar-refractivity contribution in [2.24, 2.45) is 5.92 Å². The molecule has 5 nitrogen and oxygen atoms in total. The molecule has 2 rings (SSSR count). The van der Waals surface area contributed by atoms with E-state index in [9.17, 15) is 9.59 Å². The Bertz CT molecular complexity index is 586. The first-order valence-electron chi connectivity index (χ1n) is 7.73. The van der Waals surface area contributed by atoms with Crippen molar-refractivity contribution < 1.29 is 9.90 Å². The molecule has 0 bridgehead atoms. The highest BCUT2D eigenvalue weighted by molar-refractivity contribution is 5.70. The van der Waals surface area contributed by atoms with Crippen LogP contribution in [0, 0.1) is 19.8 Å². The predicted molar refractivity (Wildman–Crippen MR) is 80.6 cm³/mol. The SMILES string of the molecule is Cc1nc(=O)n(C2CCCCC2)c(C)c1CC(C)C(=O)O. The Morgan fingerprint density at radius 3 is 2.52 bits per heavy atom. The molecule has 1 atom stereocenters. The van der Waals surface area contributed by atoms with E-state index in [1.54, 1.807) is 18.4 Å². The van der Waals surface area contributed by atoms with E-state index in [-0.39, 0.29) is 11.7 Å². The molecule has 0 aliphatic heterocycles. The van der Waals surface area contributed by atoms with Gasteiger partial charge in [0.05, 0.1) is 5.92 Å². The number of aryl methyl sites for hydroxylation is 1. The van der Waals surface area contributed by atoms with E-state index in [2.05, 4.69) is 4.98 Å². The van der Waals surface area contributed by atoms with E-state index in [4.69, 9.17) is 5.11 Å². The molecule has 0 aromatic carbocycles. The first-order chi connectivity index (χ1) is 9.91. The molecule has 1 aromatic heterocycles. The van der Waals surface area contributed by atoms with Crippen molar-refractivity contribution in [1.29, 1.82) is 0 Å². The van der Waals surface area contributed by atoms with Crippen molar-refractivity contribution in [1.82, 2.24) is 9.55 Å². The van der Waals surface area contributed by atoms with Crippen molar-refractivity contribution in [2.75, 3.05) is 0 Å². The molecule has 0 spiro atoms. The predicted octanol–water partition coefficient (Wildman–Crippen LogP) is 2.63. The maximum absolute atomic E-state index is 12.3. The van der Waals surface area contributed by atoms with Crippen LogP contribution in [0.3, 0.4) is 0 Å². The van der Waals surface area contributed by atoms with Gasteiger partial charge in [0.2, 0.25) is 0 Å². The minimum absolute atomic E-state index is 0.191. The normalized spacial score (nSPS) is 17.7. The maximum Gasteiger partial charge on any atom is 0.348 e. The van der Waals surface area contributed by atoms with Crippen LogP contribution in [0.4, 0.5) is 0 Å². The third-order valence-corrected chi connectivity index (χ3v) is 4.58. The summed E-state index contributed by atoms with van der Waals surface area (Å²) >= 11 is 0. The van der Waals surface area contributed by atoms with E-state index >= 15 is 0 Å². The van der Waals surface area contributed by atoms with Crippen LogP contribution in [0.2, 0.25) is 0 Å². The molecule has 1 unspecified atom stereocenters. The lowest BCUT2D eigenvalue weighted by Gasteiger charge is -2.27. The van der Waals surface area contributed by atoms with E-state index in [1.165, 1.54) is 6.42 Å². The van der Waals surface area contributed by atoms with E-state index in [1.807, 2.05) is 6.92 Å². The van der Waals surface area contributed by atoms with Crippen molar-refractivity contribution in [3.63, 3.8) is 0 Å². The molecule has 1 saturated carbocycles. The summed E-state index contributed by atoms with van der Waals surface area (Å²) in [6, 6.07) is 0.221. The van der Waals surface area contributed by atoms with Gasteiger partial charge in [-0.25, -0.2) is 4.79 Å². The van der Waals surface area contributed by atoms with Gasteiger partial charge in [-0.05, 0) is 38.7 Å². The van der Waals surface area contributed by atoms with Crippen LogP contribution in [0.5, 0.6) is 0 Å². The molecule has 0 radical (unpaired) electrons. The van der Waals surface area contributed by atoms with E-state index in [0.717, 1.165) is 36.9 Å². The number of carboxylic acid groups (broad SMARTS) is 1. The minimum atomic E-state index is -0.816. The molecule has 1 aliphatic carbocycles. The Kier molecular flexibility index (Phi) is 4.80. The van der Waals surface area contributed by atoms with Crippen LogP contribution < -0.4 is 5.69 Å². The molecule has 116 valence electrons. The molecule has 1 fully saturated rings. The Labute approximate surface area is 125 Å². The van der Waals surface area contributed by atoms with Gasteiger partial charge in [-0.2, -0.15) is 4.98 Å². The summed E-state index contributed by atoms with van der Waals surface area (Å²) in [4.78, 5) is 27.5. The molecule has 1 aromatic rings. The zero-order chi connectivity index (χ0) is 15.6. The summed E-state index contributed by atoms with van der Waals surface area (Å²) in [6.07, 6.45) is 5.97. The Morgan fingerprint density at radius 2 is 1.95 bits per heavy atom. The van der Waals surface area contributed by atoms with Crippen molar-refractivity contribution >= 4 is 5.97 Å². The largest absolute Gasteiger partial charge is 0.481 e. The fourth-order valence-corrected chi connectivity index (χ4v) is 3.27. The van der Waals surface area contributed by atoms with Crippen molar-refractivity contribution in [2.45, 2.75) is 65.3 Å². The highest BCUT2D eigenvalue weighted by atomic mass is 16.4. The van der Waals surface area contributed by atoms with Crippen molar-refractivity contribution in [3.05, 3.63) is 27.4 Å². The standard InChI is InChI=1S/C16H24N2O3/c1-10(15(19)20)9-14-11(2)17-16(21)18(12(14)3)13-7-5-4-6-8-13/h10,13H,4-9H2,1-3H3,(H,19,20). The maximum atomic E-state index is 12.3. The second-order valence-corrected chi connectivity index (χ2v) is 6.15. The number of carbonyl (C=O) groups is 1. The second kappa shape index (κ2) is 6.41. The topological polar surface area (TPSA) is 72.2 Å². The summed E-state index contributed by atoms with van der Waals surface area (Å²) in [6.45, 7) is 5.41. The third kappa shape index (κ3) is 3.34. The summed E-state index contributed by atoms with van der Waals surface area (Å²) < 4.78 is 1.80. The summed E-state index contributed by atoms with van der Waals surface area (Å²) in [5.41, 5.74) is 2.28. The molecule has 1 heterocycles. The Balaban J connectivity index is 2.41.